The fourth-order valence-electron chi connectivity index (χ4n) is 1.67. The zero-order valence-corrected chi connectivity index (χ0v) is 10.7. The number of hydrogen-bond donors (Lipinski definition) is 3. The summed E-state index contributed by atoms with van der Waals surface area (Å²) in [4.78, 5) is 32.7. The Morgan fingerprint density at radius 2 is 1.95 bits per heavy atom. The third-order valence-corrected chi connectivity index (χ3v) is 2.54. The van der Waals surface area contributed by atoms with Crippen LogP contribution in [0.15, 0.2) is 0 Å². The van der Waals surface area contributed by atoms with Crippen LogP contribution < -0.4 is 10.6 Å². The van der Waals surface area contributed by atoms with Gasteiger partial charge in [0, 0.05) is 12.6 Å². The monoisotopic (exact) mass is 274 g/mol. The van der Waals surface area contributed by atoms with E-state index in [9.17, 15) is 14.4 Å². The molecule has 19 heavy (non-hydrogen) atoms. The number of carbonyl (C=O) groups is 3. The molecule has 8 nitrogen and oxygen atoms in total. The second-order valence-corrected chi connectivity index (χ2v) is 4.15. The van der Waals surface area contributed by atoms with Crippen LogP contribution in [0.4, 0.5) is 4.79 Å². The maximum absolute atomic E-state index is 11.4. The number of urea groups is 1. The lowest BCUT2D eigenvalue weighted by Gasteiger charge is -2.35. The smallest absolute Gasteiger partial charge is 0.329 e. The van der Waals surface area contributed by atoms with E-state index in [1.54, 1.807) is 0 Å². The highest BCUT2D eigenvalue weighted by atomic mass is 16.5. The van der Waals surface area contributed by atoms with Crippen LogP contribution in [0.5, 0.6) is 0 Å². The number of carboxylic acids is 1. The molecule has 3 amide bonds. The number of imide groups is 1. The van der Waals surface area contributed by atoms with Crippen molar-refractivity contribution in [3.8, 4) is 0 Å². The zero-order chi connectivity index (χ0) is 14.3. The number of carboxylic acid groups (broad SMARTS) is 1. The summed E-state index contributed by atoms with van der Waals surface area (Å²) in [6.45, 7) is 1.51. The molecule has 0 saturated heterocycles. The van der Waals surface area contributed by atoms with Crippen molar-refractivity contribution in [2.45, 2.75) is 31.9 Å². The van der Waals surface area contributed by atoms with Crippen LogP contribution >= 0.6 is 0 Å². The number of aliphatic carboxylic acids is 1. The molecule has 3 N–H and O–H groups in total. The Balaban J connectivity index is 2.08. The molecule has 108 valence electrons. The van der Waals surface area contributed by atoms with Crippen LogP contribution in [-0.4, -0.2) is 55.0 Å². The van der Waals surface area contributed by atoms with Gasteiger partial charge in [0.2, 0.25) is 0 Å². The quantitative estimate of drug-likeness (QED) is 0.575. The Labute approximate surface area is 110 Å². The SMILES string of the molecule is CCOC1CC(NC(=O)NC(=O)COCC(=O)O)C1. The lowest BCUT2D eigenvalue weighted by atomic mass is 9.89. The van der Waals surface area contributed by atoms with Crippen LogP contribution in [0, 0.1) is 0 Å². The number of carbonyl (C=O) groups excluding carboxylic acids is 2. The van der Waals surface area contributed by atoms with Gasteiger partial charge in [-0.15, -0.1) is 0 Å². The average Bonchev–Trinajstić information content (AvgIpc) is 2.25. The van der Waals surface area contributed by atoms with Crippen LogP contribution in [0.25, 0.3) is 0 Å². The lowest BCUT2D eigenvalue weighted by Crippen LogP contribution is -2.52. The minimum Gasteiger partial charge on any atom is -0.480 e. The van der Waals surface area contributed by atoms with Crippen molar-refractivity contribution in [1.29, 1.82) is 0 Å². The van der Waals surface area contributed by atoms with Crippen LogP contribution in [0.2, 0.25) is 0 Å². The van der Waals surface area contributed by atoms with Crippen LogP contribution in [-0.2, 0) is 19.1 Å². The molecule has 0 spiro atoms. The molecule has 0 atom stereocenters. The van der Waals surface area contributed by atoms with Crippen LogP contribution in [0.1, 0.15) is 19.8 Å². The summed E-state index contributed by atoms with van der Waals surface area (Å²) in [6, 6.07) is -0.604. The number of hydrogen-bond acceptors (Lipinski definition) is 5. The third kappa shape index (κ3) is 6.16. The van der Waals surface area contributed by atoms with E-state index < -0.39 is 31.1 Å². The second-order valence-electron chi connectivity index (χ2n) is 4.15. The highest BCUT2D eigenvalue weighted by Gasteiger charge is 2.30. The topological polar surface area (TPSA) is 114 Å². The molecular weight excluding hydrogens is 256 g/mol. The van der Waals surface area contributed by atoms with Gasteiger partial charge in [-0.25, -0.2) is 9.59 Å². The molecule has 0 aromatic heterocycles. The summed E-state index contributed by atoms with van der Waals surface area (Å²) in [5.74, 6) is -1.85. The van der Waals surface area contributed by atoms with Gasteiger partial charge in [-0.2, -0.15) is 0 Å². The van der Waals surface area contributed by atoms with Gasteiger partial charge in [0.05, 0.1) is 6.10 Å². The van der Waals surface area contributed by atoms with E-state index in [1.807, 2.05) is 6.92 Å². The summed E-state index contributed by atoms with van der Waals surface area (Å²) < 4.78 is 9.87. The molecular formula is C11H18N2O6. The van der Waals surface area contributed by atoms with Crippen molar-refractivity contribution in [2.24, 2.45) is 0 Å². The van der Waals surface area contributed by atoms with Crippen LogP contribution in [0.3, 0.4) is 0 Å². The number of rotatable bonds is 7. The van der Waals surface area contributed by atoms with Crippen molar-refractivity contribution in [1.82, 2.24) is 10.6 Å². The predicted octanol–water partition coefficient (Wildman–Crippen LogP) is -0.519. The fourth-order valence-corrected chi connectivity index (χ4v) is 1.67. The number of amides is 3. The summed E-state index contributed by atoms with van der Waals surface area (Å²) in [5, 5.41) is 13.0. The second kappa shape index (κ2) is 7.70. The minimum atomic E-state index is -1.17. The van der Waals surface area contributed by atoms with E-state index in [4.69, 9.17) is 9.84 Å². The minimum absolute atomic E-state index is 0.00397. The first-order valence-corrected chi connectivity index (χ1v) is 6.02. The van der Waals surface area contributed by atoms with Crippen molar-refractivity contribution in [3.05, 3.63) is 0 Å². The molecule has 0 aromatic rings. The molecule has 0 aromatic carbocycles. The van der Waals surface area contributed by atoms with E-state index in [0.29, 0.717) is 6.61 Å². The highest BCUT2D eigenvalue weighted by Crippen LogP contribution is 2.22. The first-order chi connectivity index (χ1) is 9.01. The molecule has 0 aliphatic heterocycles. The Bertz CT molecular complexity index is 340. The van der Waals surface area contributed by atoms with Gasteiger partial charge in [-0.3, -0.25) is 10.1 Å². The van der Waals surface area contributed by atoms with Gasteiger partial charge < -0.3 is 19.9 Å². The standard InChI is InChI=1S/C11H18N2O6/c1-2-19-8-3-7(4-8)12-11(17)13-9(14)5-18-6-10(15)16/h7-8H,2-6H2,1H3,(H,15,16)(H2,12,13,14,17). The third-order valence-electron chi connectivity index (χ3n) is 2.54. The summed E-state index contributed by atoms with van der Waals surface area (Å²) >= 11 is 0. The maximum atomic E-state index is 11.4. The van der Waals surface area contributed by atoms with Gasteiger partial charge >= 0.3 is 12.0 Å². The summed E-state index contributed by atoms with van der Waals surface area (Å²) in [6.07, 6.45) is 1.63. The van der Waals surface area contributed by atoms with E-state index in [0.717, 1.165) is 12.8 Å². The largest absolute Gasteiger partial charge is 0.480 e. The molecule has 0 unspecified atom stereocenters. The zero-order valence-electron chi connectivity index (χ0n) is 10.7. The van der Waals surface area contributed by atoms with E-state index in [1.165, 1.54) is 0 Å². The Kier molecular flexibility index (Phi) is 6.23. The number of nitrogens with one attached hydrogen (secondary N) is 2. The molecule has 0 radical (unpaired) electrons. The van der Waals surface area contributed by atoms with E-state index >= 15 is 0 Å². The van der Waals surface area contributed by atoms with Gasteiger partial charge in [-0.1, -0.05) is 0 Å². The maximum Gasteiger partial charge on any atom is 0.329 e. The van der Waals surface area contributed by atoms with Gasteiger partial charge in [-0.05, 0) is 19.8 Å². The molecule has 1 fully saturated rings. The molecule has 1 aliphatic carbocycles. The molecule has 0 bridgehead atoms. The van der Waals surface area contributed by atoms with E-state index in [2.05, 4.69) is 15.4 Å². The molecule has 1 rings (SSSR count). The first kappa shape index (κ1) is 15.4. The van der Waals surface area contributed by atoms with Crippen molar-refractivity contribution in [2.75, 3.05) is 19.8 Å². The molecule has 1 aliphatic rings. The van der Waals surface area contributed by atoms with Gasteiger partial charge in [0.25, 0.3) is 5.91 Å². The lowest BCUT2D eigenvalue weighted by molar-refractivity contribution is -0.143. The Morgan fingerprint density at radius 1 is 1.26 bits per heavy atom. The summed E-state index contributed by atoms with van der Waals surface area (Å²) in [5.41, 5.74) is 0. The highest BCUT2D eigenvalue weighted by molar-refractivity contribution is 5.95. The van der Waals surface area contributed by atoms with E-state index in [-0.39, 0.29) is 12.1 Å². The molecule has 1 saturated carbocycles. The summed E-state index contributed by atoms with van der Waals surface area (Å²) in [7, 11) is 0. The normalized spacial score (nSPS) is 21.3. The first-order valence-electron chi connectivity index (χ1n) is 6.02. The number of ether oxygens (including phenoxy) is 2. The predicted molar refractivity (Wildman–Crippen MR) is 63.6 cm³/mol. The van der Waals surface area contributed by atoms with Crippen molar-refractivity contribution in [3.63, 3.8) is 0 Å². The van der Waals surface area contributed by atoms with Gasteiger partial charge in [0.1, 0.15) is 13.2 Å². The Hall–Kier alpha value is -1.67. The Morgan fingerprint density at radius 3 is 2.53 bits per heavy atom. The average molecular weight is 274 g/mol. The van der Waals surface area contributed by atoms with Crippen molar-refractivity contribution >= 4 is 17.9 Å². The van der Waals surface area contributed by atoms with Crippen molar-refractivity contribution < 1.29 is 29.0 Å². The fraction of sp³-hybridized carbons (Fsp3) is 0.727. The van der Waals surface area contributed by atoms with Gasteiger partial charge in [0.15, 0.2) is 0 Å². The molecule has 0 heterocycles. The molecule has 8 heteroatoms.